The molecule has 0 radical (unpaired) electrons. The molecule has 1 fully saturated rings. The standard InChI is InChI=1S/C15H21BrN6S/c1-10-19-20-14(22(10)3)8-17-15(18-11-4-5-11)21(2)9-12-6-7-13(16)23-12/h6-7,11H,4-5,8-9H2,1-3H3,(H,17,18). The van der Waals surface area contributed by atoms with Crippen molar-refractivity contribution in [2.24, 2.45) is 12.0 Å². The molecule has 1 saturated carbocycles. The number of aliphatic imine (C=N–C) groups is 1. The van der Waals surface area contributed by atoms with Crippen LogP contribution in [0.4, 0.5) is 0 Å². The molecule has 2 aromatic heterocycles. The highest BCUT2D eigenvalue weighted by Crippen LogP contribution is 2.23. The monoisotopic (exact) mass is 396 g/mol. The summed E-state index contributed by atoms with van der Waals surface area (Å²) in [6.45, 7) is 3.32. The predicted octanol–water partition coefficient (Wildman–Crippen LogP) is 2.69. The molecule has 2 aromatic rings. The fourth-order valence-electron chi connectivity index (χ4n) is 2.17. The van der Waals surface area contributed by atoms with Gasteiger partial charge in [-0.1, -0.05) is 0 Å². The van der Waals surface area contributed by atoms with Crippen LogP contribution in [0.1, 0.15) is 29.4 Å². The number of hydrogen-bond donors (Lipinski definition) is 1. The van der Waals surface area contributed by atoms with E-state index in [4.69, 9.17) is 4.99 Å². The van der Waals surface area contributed by atoms with E-state index in [1.54, 1.807) is 11.3 Å². The Morgan fingerprint density at radius 1 is 1.48 bits per heavy atom. The van der Waals surface area contributed by atoms with Crippen molar-refractivity contribution < 1.29 is 0 Å². The topological polar surface area (TPSA) is 58.3 Å². The minimum Gasteiger partial charge on any atom is -0.353 e. The van der Waals surface area contributed by atoms with Gasteiger partial charge in [0.05, 0.1) is 10.3 Å². The van der Waals surface area contributed by atoms with E-state index in [2.05, 4.69) is 55.5 Å². The lowest BCUT2D eigenvalue weighted by Crippen LogP contribution is -2.39. The Morgan fingerprint density at radius 3 is 2.83 bits per heavy atom. The summed E-state index contributed by atoms with van der Waals surface area (Å²) in [5.41, 5.74) is 0. The maximum absolute atomic E-state index is 4.75. The summed E-state index contributed by atoms with van der Waals surface area (Å²) >= 11 is 5.27. The summed E-state index contributed by atoms with van der Waals surface area (Å²) in [4.78, 5) is 8.22. The summed E-state index contributed by atoms with van der Waals surface area (Å²) in [7, 11) is 4.05. The van der Waals surface area contributed by atoms with E-state index in [9.17, 15) is 0 Å². The normalized spacial score (nSPS) is 15.0. The highest BCUT2D eigenvalue weighted by atomic mass is 79.9. The first-order valence-electron chi connectivity index (χ1n) is 7.64. The van der Waals surface area contributed by atoms with Crippen molar-refractivity contribution in [3.8, 4) is 0 Å². The van der Waals surface area contributed by atoms with Crippen LogP contribution in [-0.4, -0.2) is 38.7 Å². The summed E-state index contributed by atoms with van der Waals surface area (Å²) in [5, 5.41) is 11.8. The van der Waals surface area contributed by atoms with E-state index < -0.39 is 0 Å². The first kappa shape index (κ1) is 16.4. The first-order chi connectivity index (χ1) is 11.0. The zero-order valence-corrected chi connectivity index (χ0v) is 16.0. The quantitative estimate of drug-likeness (QED) is 0.623. The maximum atomic E-state index is 4.75. The molecule has 8 heteroatoms. The Kier molecular flexibility index (Phi) is 5.01. The second kappa shape index (κ2) is 7.00. The summed E-state index contributed by atoms with van der Waals surface area (Å²) in [6, 6.07) is 4.79. The Bertz CT molecular complexity index is 703. The number of aryl methyl sites for hydroxylation is 1. The van der Waals surface area contributed by atoms with Gasteiger partial charge < -0.3 is 14.8 Å². The van der Waals surface area contributed by atoms with Crippen molar-refractivity contribution in [2.75, 3.05) is 7.05 Å². The molecule has 3 rings (SSSR count). The lowest BCUT2D eigenvalue weighted by Gasteiger charge is -2.21. The molecule has 1 aliphatic carbocycles. The number of nitrogens with zero attached hydrogens (tertiary/aromatic N) is 5. The molecule has 0 spiro atoms. The van der Waals surface area contributed by atoms with Crippen LogP contribution in [-0.2, 0) is 20.1 Å². The van der Waals surface area contributed by atoms with Crippen LogP contribution in [0.3, 0.4) is 0 Å². The van der Waals surface area contributed by atoms with E-state index in [1.165, 1.54) is 17.7 Å². The zero-order valence-electron chi connectivity index (χ0n) is 13.6. The average Bonchev–Trinajstić information content (AvgIpc) is 3.17. The molecule has 0 aromatic carbocycles. The lowest BCUT2D eigenvalue weighted by atomic mass is 10.4. The summed E-state index contributed by atoms with van der Waals surface area (Å²) in [5.74, 6) is 2.71. The molecular formula is C15H21BrN6S. The van der Waals surface area contributed by atoms with Crippen LogP contribution in [0.25, 0.3) is 0 Å². The highest BCUT2D eigenvalue weighted by molar-refractivity contribution is 9.11. The van der Waals surface area contributed by atoms with Crippen molar-refractivity contribution >= 4 is 33.2 Å². The third kappa shape index (κ3) is 4.32. The van der Waals surface area contributed by atoms with Gasteiger partial charge in [-0.05, 0) is 47.8 Å². The largest absolute Gasteiger partial charge is 0.353 e. The van der Waals surface area contributed by atoms with Gasteiger partial charge in [-0.3, -0.25) is 0 Å². The highest BCUT2D eigenvalue weighted by Gasteiger charge is 2.24. The van der Waals surface area contributed by atoms with Crippen LogP contribution < -0.4 is 5.32 Å². The van der Waals surface area contributed by atoms with Gasteiger partial charge in [-0.25, -0.2) is 4.99 Å². The number of aromatic nitrogens is 3. The van der Waals surface area contributed by atoms with Gasteiger partial charge in [0.1, 0.15) is 12.4 Å². The number of halogens is 1. The van der Waals surface area contributed by atoms with Gasteiger partial charge in [0.25, 0.3) is 0 Å². The molecule has 6 nitrogen and oxygen atoms in total. The molecule has 1 N–H and O–H groups in total. The number of nitrogens with one attached hydrogen (secondary N) is 1. The van der Waals surface area contributed by atoms with Gasteiger partial charge in [-0.2, -0.15) is 0 Å². The summed E-state index contributed by atoms with van der Waals surface area (Å²) in [6.07, 6.45) is 2.45. The second-order valence-electron chi connectivity index (χ2n) is 5.84. The van der Waals surface area contributed by atoms with Gasteiger partial charge >= 0.3 is 0 Å². The summed E-state index contributed by atoms with van der Waals surface area (Å²) < 4.78 is 3.14. The van der Waals surface area contributed by atoms with Gasteiger partial charge in [0.15, 0.2) is 11.8 Å². The van der Waals surface area contributed by atoms with Crippen molar-refractivity contribution in [1.82, 2.24) is 25.0 Å². The van der Waals surface area contributed by atoms with E-state index >= 15 is 0 Å². The Hall–Kier alpha value is -1.41. The lowest BCUT2D eigenvalue weighted by molar-refractivity contribution is 0.478. The fraction of sp³-hybridized carbons (Fsp3) is 0.533. The molecule has 23 heavy (non-hydrogen) atoms. The number of thiophene rings is 1. The average molecular weight is 397 g/mol. The Labute approximate surface area is 148 Å². The molecule has 0 atom stereocenters. The van der Waals surface area contributed by atoms with Crippen LogP contribution in [0.2, 0.25) is 0 Å². The SMILES string of the molecule is Cc1nnc(CN=C(NC2CC2)N(C)Cc2ccc(Br)s2)n1C. The minimum absolute atomic E-state index is 0.533. The molecular weight excluding hydrogens is 376 g/mol. The van der Waals surface area contributed by atoms with Gasteiger partial charge in [0, 0.05) is 25.0 Å². The van der Waals surface area contributed by atoms with E-state index in [-0.39, 0.29) is 0 Å². The predicted molar refractivity (Wildman–Crippen MR) is 96.5 cm³/mol. The molecule has 0 saturated heterocycles. The molecule has 124 valence electrons. The Morgan fingerprint density at radius 2 is 2.26 bits per heavy atom. The number of hydrogen-bond acceptors (Lipinski definition) is 4. The van der Waals surface area contributed by atoms with E-state index in [1.807, 2.05) is 18.5 Å². The minimum atomic E-state index is 0.533. The molecule has 0 unspecified atom stereocenters. The van der Waals surface area contributed by atoms with Crippen molar-refractivity contribution in [3.63, 3.8) is 0 Å². The molecule has 0 bridgehead atoms. The van der Waals surface area contributed by atoms with Crippen molar-refractivity contribution in [2.45, 2.75) is 38.9 Å². The third-order valence-corrected chi connectivity index (χ3v) is 5.46. The van der Waals surface area contributed by atoms with E-state index in [0.29, 0.717) is 12.6 Å². The third-order valence-electron chi connectivity index (χ3n) is 3.85. The smallest absolute Gasteiger partial charge is 0.194 e. The number of guanidine groups is 1. The van der Waals surface area contributed by atoms with Gasteiger partial charge in [-0.15, -0.1) is 21.5 Å². The first-order valence-corrected chi connectivity index (χ1v) is 9.25. The van der Waals surface area contributed by atoms with Crippen molar-refractivity contribution in [1.29, 1.82) is 0 Å². The second-order valence-corrected chi connectivity index (χ2v) is 8.39. The van der Waals surface area contributed by atoms with Crippen molar-refractivity contribution in [3.05, 3.63) is 32.4 Å². The molecule has 0 amide bonds. The van der Waals surface area contributed by atoms with E-state index in [0.717, 1.165) is 27.9 Å². The maximum Gasteiger partial charge on any atom is 0.194 e. The Balaban J connectivity index is 1.70. The molecule has 1 aliphatic rings. The van der Waals surface area contributed by atoms with Crippen LogP contribution in [0.15, 0.2) is 20.9 Å². The van der Waals surface area contributed by atoms with Crippen LogP contribution in [0, 0.1) is 6.92 Å². The number of rotatable bonds is 5. The zero-order chi connectivity index (χ0) is 16.4. The van der Waals surface area contributed by atoms with Crippen LogP contribution >= 0.6 is 27.3 Å². The van der Waals surface area contributed by atoms with Crippen LogP contribution in [0.5, 0.6) is 0 Å². The fourth-order valence-corrected chi connectivity index (χ4v) is 3.70. The molecule has 0 aliphatic heterocycles. The van der Waals surface area contributed by atoms with Gasteiger partial charge in [0.2, 0.25) is 0 Å². The molecule has 2 heterocycles.